The summed E-state index contributed by atoms with van der Waals surface area (Å²) in [4.78, 5) is 12.5. The van der Waals surface area contributed by atoms with Crippen molar-refractivity contribution in [3.63, 3.8) is 0 Å². The zero-order chi connectivity index (χ0) is 19.7. The molecule has 1 aromatic heterocycles. The molecule has 4 rings (SSSR count). The molecule has 0 saturated carbocycles. The van der Waals surface area contributed by atoms with Gasteiger partial charge in [-0.1, -0.05) is 18.2 Å². The van der Waals surface area contributed by atoms with Crippen molar-refractivity contribution in [2.24, 2.45) is 0 Å². The minimum absolute atomic E-state index is 0.185. The number of carbonyl (C=O) groups is 1. The molecule has 0 aliphatic carbocycles. The van der Waals surface area contributed by atoms with E-state index >= 15 is 0 Å². The molecule has 2 aromatic carbocycles. The van der Waals surface area contributed by atoms with E-state index in [1.165, 1.54) is 4.31 Å². The van der Waals surface area contributed by atoms with Crippen LogP contribution in [0, 0.1) is 0 Å². The van der Waals surface area contributed by atoms with Crippen LogP contribution < -0.4 is 10.1 Å². The Hall–Kier alpha value is -3.17. The Morgan fingerprint density at radius 1 is 1.07 bits per heavy atom. The van der Waals surface area contributed by atoms with Crippen LogP contribution in [0.5, 0.6) is 11.5 Å². The number of fused-ring (bicyclic) bond motifs is 1. The third-order valence-corrected chi connectivity index (χ3v) is 5.61. The number of rotatable bonds is 5. The minimum atomic E-state index is -3.31. The largest absolute Gasteiger partial charge is 0.457 e. The van der Waals surface area contributed by atoms with Gasteiger partial charge in [0.2, 0.25) is 10.0 Å². The topological polar surface area (TPSA) is 104 Å². The third kappa shape index (κ3) is 3.75. The zero-order valence-electron chi connectivity index (χ0n) is 15.0. The molecular formula is C19H18N4O4S. The van der Waals surface area contributed by atoms with Crippen molar-refractivity contribution in [2.75, 3.05) is 11.6 Å². The van der Waals surface area contributed by atoms with Gasteiger partial charge in [0.1, 0.15) is 11.5 Å². The van der Waals surface area contributed by atoms with Crippen molar-refractivity contribution in [2.45, 2.75) is 13.1 Å². The van der Waals surface area contributed by atoms with Gasteiger partial charge in [0.05, 0.1) is 18.5 Å². The molecule has 8 nitrogen and oxygen atoms in total. The van der Waals surface area contributed by atoms with Crippen molar-refractivity contribution in [3.05, 3.63) is 71.4 Å². The standard InChI is InChI=1S/C19H18N4O4S/c1-28(25,26)23-11-16-17(12-23)21-22-18(16)20-19(24)13-7-9-15(10-8-13)27-14-5-3-2-4-6-14/h2-10H,11-12H2,1H3,(H2,20,21,22,24). The van der Waals surface area contributed by atoms with E-state index in [-0.39, 0.29) is 19.0 Å². The summed E-state index contributed by atoms with van der Waals surface area (Å²) in [6, 6.07) is 16.1. The Morgan fingerprint density at radius 2 is 1.75 bits per heavy atom. The number of anilines is 1. The summed E-state index contributed by atoms with van der Waals surface area (Å²) < 4.78 is 30.5. The summed E-state index contributed by atoms with van der Waals surface area (Å²) in [5, 5.41) is 9.62. The highest BCUT2D eigenvalue weighted by atomic mass is 32.2. The van der Waals surface area contributed by atoms with Crippen LogP contribution in [-0.4, -0.2) is 35.1 Å². The molecule has 3 aromatic rings. The number of carbonyl (C=O) groups excluding carboxylic acids is 1. The summed E-state index contributed by atoms with van der Waals surface area (Å²) in [5.74, 6) is 1.34. The van der Waals surface area contributed by atoms with E-state index in [9.17, 15) is 13.2 Å². The number of aromatic amines is 1. The number of H-pyrrole nitrogens is 1. The van der Waals surface area contributed by atoms with E-state index in [0.717, 1.165) is 6.26 Å². The SMILES string of the molecule is CS(=O)(=O)N1Cc2[nH]nc(NC(=O)c3ccc(Oc4ccccc4)cc3)c2C1. The lowest BCUT2D eigenvalue weighted by molar-refractivity contribution is 0.102. The number of hydrogen-bond donors (Lipinski definition) is 2. The average molecular weight is 398 g/mol. The predicted octanol–water partition coefficient (Wildman–Crippen LogP) is 2.73. The number of sulfonamides is 1. The summed E-state index contributed by atoms with van der Waals surface area (Å²) in [5.41, 5.74) is 1.81. The molecule has 0 bridgehead atoms. The van der Waals surface area contributed by atoms with Crippen molar-refractivity contribution in [1.82, 2.24) is 14.5 Å². The Balaban J connectivity index is 1.44. The fraction of sp³-hybridized carbons (Fsp3) is 0.158. The van der Waals surface area contributed by atoms with E-state index in [1.807, 2.05) is 30.3 Å². The second kappa shape index (κ2) is 7.10. The number of nitrogens with zero attached hydrogens (tertiary/aromatic N) is 2. The van der Waals surface area contributed by atoms with E-state index < -0.39 is 10.0 Å². The van der Waals surface area contributed by atoms with E-state index in [0.29, 0.717) is 34.1 Å². The van der Waals surface area contributed by atoms with E-state index in [4.69, 9.17) is 4.74 Å². The molecule has 1 aliphatic rings. The van der Waals surface area contributed by atoms with Crippen molar-refractivity contribution in [3.8, 4) is 11.5 Å². The van der Waals surface area contributed by atoms with Crippen LogP contribution in [0.15, 0.2) is 54.6 Å². The van der Waals surface area contributed by atoms with Gasteiger partial charge in [-0.15, -0.1) is 0 Å². The first-order chi connectivity index (χ1) is 13.4. The molecule has 0 radical (unpaired) electrons. The first-order valence-electron chi connectivity index (χ1n) is 8.56. The maximum Gasteiger partial charge on any atom is 0.256 e. The lowest BCUT2D eigenvalue weighted by Gasteiger charge is -2.11. The molecule has 144 valence electrons. The predicted molar refractivity (Wildman–Crippen MR) is 104 cm³/mol. The number of para-hydroxylation sites is 1. The highest BCUT2D eigenvalue weighted by Gasteiger charge is 2.30. The Bertz CT molecular complexity index is 1110. The van der Waals surface area contributed by atoms with Crippen LogP contribution in [-0.2, 0) is 23.1 Å². The van der Waals surface area contributed by atoms with Crippen LogP contribution >= 0.6 is 0 Å². The molecule has 0 atom stereocenters. The molecule has 1 aliphatic heterocycles. The Labute approximate surface area is 162 Å². The minimum Gasteiger partial charge on any atom is -0.457 e. The van der Waals surface area contributed by atoms with Crippen LogP contribution in [0.4, 0.5) is 5.82 Å². The first-order valence-corrected chi connectivity index (χ1v) is 10.4. The molecule has 28 heavy (non-hydrogen) atoms. The normalized spacial score (nSPS) is 13.9. The van der Waals surface area contributed by atoms with Crippen LogP contribution in [0.2, 0.25) is 0 Å². The Kier molecular flexibility index (Phi) is 4.62. The number of nitrogens with one attached hydrogen (secondary N) is 2. The fourth-order valence-electron chi connectivity index (χ4n) is 2.93. The maximum atomic E-state index is 12.5. The molecule has 2 N–H and O–H groups in total. The lowest BCUT2D eigenvalue weighted by atomic mass is 10.2. The van der Waals surface area contributed by atoms with E-state index in [1.54, 1.807) is 24.3 Å². The van der Waals surface area contributed by atoms with Crippen molar-refractivity contribution < 1.29 is 17.9 Å². The maximum absolute atomic E-state index is 12.5. The van der Waals surface area contributed by atoms with Gasteiger partial charge >= 0.3 is 0 Å². The number of hydrogen-bond acceptors (Lipinski definition) is 5. The van der Waals surface area contributed by atoms with Gasteiger partial charge in [-0.05, 0) is 36.4 Å². The molecule has 9 heteroatoms. The van der Waals surface area contributed by atoms with Gasteiger partial charge in [-0.2, -0.15) is 9.40 Å². The van der Waals surface area contributed by atoms with Gasteiger partial charge < -0.3 is 10.1 Å². The van der Waals surface area contributed by atoms with Crippen LogP contribution in [0.3, 0.4) is 0 Å². The van der Waals surface area contributed by atoms with Crippen molar-refractivity contribution in [1.29, 1.82) is 0 Å². The number of benzene rings is 2. The summed E-state index contributed by atoms with van der Waals surface area (Å²) in [7, 11) is -3.31. The van der Waals surface area contributed by atoms with Crippen molar-refractivity contribution >= 4 is 21.7 Å². The molecule has 0 saturated heterocycles. The smallest absolute Gasteiger partial charge is 0.256 e. The molecular weight excluding hydrogens is 380 g/mol. The molecule has 0 unspecified atom stereocenters. The number of amides is 1. The third-order valence-electron chi connectivity index (χ3n) is 4.42. The monoisotopic (exact) mass is 398 g/mol. The summed E-state index contributed by atoms with van der Waals surface area (Å²) >= 11 is 0. The molecule has 1 amide bonds. The lowest BCUT2D eigenvalue weighted by Crippen LogP contribution is -2.24. The van der Waals surface area contributed by atoms with Gasteiger partial charge in [0.15, 0.2) is 5.82 Å². The number of aromatic nitrogens is 2. The average Bonchev–Trinajstić information content (AvgIpc) is 3.25. The van der Waals surface area contributed by atoms with Crippen LogP contribution in [0.25, 0.3) is 0 Å². The molecule has 0 fully saturated rings. The molecule has 2 heterocycles. The number of ether oxygens (including phenoxy) is 1. The Morgan fingerprint density at radius 3 is 2.43 bits per heavy atom. The van der Waals surface area contributed by atoms with Gasteiger partial charge in [-0.25, -0.2) is 8.42 Å². The first kappa shape index (κ1) is 18.2. The van der Waals surface area contributed by atoms with Gasteiger partial charge in [0, 0.05) is 17.7 Å². The second-order valence-electron chi connectivity index (χ2n) is 6.45. The van der Waals surface area contributed by atoms with E-state index in [2.05, 4.69) is 15.5 Å². The highest BCUT2D eigenvalue weighted by Crippen LogP contribution is 2.29. The second-order valence-corrected chi connectivity index (χ2v) is 8.44. The molecule has 0 spiro atoms. The summed E-state index contributed by atoms with van der Waals surface area (Å²) in [6.07, 6.45) is 1.16. The van der Waals surface area contributed by atoms with Gasteiger partial charge in [0.25, 0.3) is 5.91 Å². The highest BCUT2D eigenvalue weighted by molar-refractivity contribution is 7.88. The van der Waals surface area contributed by atoms with Gasteiger partial charge in [-0.3, -0.25) is 9.89 Å². The fourth-order valence-corrected chi connectivity index (χ4v) is 3.65. The summed E-state index contributed by atoms with van der Waals surface area (Å²) in [6.45, 7) is 0.409. The zero-order valence-corrected chi connectivity index (χ0v) is 15.9. The quantitative estimate of drug-likeness (QED) is 0.688. The van der Waals surface area contributed by atoms with Crippen LogP contribution in [0.1, 0.15) is 21.6 Å².